The number of carbonyl (C=O) groups is 1. The highest BCUT2D eigenvalue weighted by molar-refractivity contribution is 5.85. The third kappa shape index (κ3) is 4.25. The Hall–Kier alpha value is -4.01. The molecule has 9 nitrogen and oxygen atoms in total. The summed E-state index contributed by atoms with van der Waals surface area (Å²) in [6.45, 7) is 8.61. The standard InChI is InChI=1S/C27H31N7O2/c1-18-6-8-21(9-7-18)34-25-24(20(3)30-34)19(2)22(26(36)31(25)4)10-11-23(35)32-14-16-33(17-15-32)27-28-12-5-13-29-27/h5-9,12-13H,10-11,14-17H2,1-4H3. The molecule has 36 heavy (non-hydrogen) atoms. The Morgan fingerprint density at radius 3 is 2.31 bits per heavy atom. The summed E-state index contributed by atoms with van der Waals surface area (Å²) in [5.41, 5.74) is 5.23. The van der Waals surface area contributed by atoms with E-state index in [4.69, 9.17) is 5.10 Å². The molecular weight excluding hydrogens is 454 g/mol. The average molecular weight is 486 g/mol. The van der Waals surface area contributed by atoms with E-state index in [-0.39, 0.29) is 11.5 Å². The minimum atomic E-state index is -0.0768. The maximum Gasteiger partial charge on any atom is 0.255 e. The molecule has 0 radical (unpaired) electrons. The van der Waals surface area contributed by atoms with Crippen molar-refractivity contribution >= 4 is 22.9 Å². The van der Waals surface area contributed by atoms with Crippen LogP contribution in [0.2, 0.25) is 0 Å². The van der Waals surface area contributed by atoms with Gasteiger partial charge in [0.05, 0.1) is 11.4 Å². The first-order chi connectivity index (χ1) is 17.3. The highest BCUT2D eigenvalue weighted by Crippen LogP contribution is 2.26. The number of anilines is 1. The zero-order valence-electron chi connectivity index (χ0n) is 21.2. The van der Waals surface area contributed by atoms with E-state index < -0.39 is 0 Å². The smallest absolute Gasteiger partial charge is 0.255 e. The summed E-state index contributed by atoms with van der Waals surface area (Å²) >= 11 is 0. The van der Waals surface area contributed by atoms with Crippen molar-refractivity contribution in [1.82, 2.24) is 29.2 Å². The fourth-order valence-corrected chi connectivity index (χ4v) is 5.03. The van der Waals surface area contributed by atoms with Gasteiger partial charge >= 0.3 is 0 Å². The van der Waals surface area contributed by atoms with Crippen molar-refractivity contribution in [3.05, 3.63) is 75.5 Å². The lowest BCUT2D eigenvalue weighted by Crippen LogP contribution is -2.49. The van der Waals surface area contributed by atoms with Crippen molar-refractivity contribution in [2.24, 2.45) is 7.05 Å². The molecule has 1 fully saturated rings. The zero-order valence-corrected chi connectivity index (χ0v) is 21.2. The number of hydrogen-bond donors (Lipinski definition) is 0. The Kier molecular flexibility index (Phi) is 6.30. The number of aryl methyl sites for hydroxylation is 4. The number of pyridine rings is 1. The van der Waals surface area contributed by atoms with Crippen molar-refractivity contribution in [2.75, 3.05) is 31.1 Å². The van der Waals surface area contributed by atoms with Gasteiger partial charge in [-0.15, -0.1) is 0 Å². The normalized spacial score (nSPS) is 14.0. The van der Waals surface area contributed by atoms with E-state index in [2.05, 4.69) is 14.9 Å². The number of aromatic nitrogens is 5. The predicted molar refractivity (Wildman–Crippen MR) is 140 cm³/mol. The summed E-state index contributed by atoms with van der Waals surface area (Å²) in [4.78, 5) is 39.0. The summed E-state index contributed by atoms with van der Waals surface area (Å²) in [6, 6.07) is 9.89. The van der Waals surface area contributed by atoms with Crippen LogP contribution in [0.25, 0.3) is 16.7 Å². The van der Waals surface area contributed by atoms with Crippen LogP contribution in [0.1, 0.15) is 28.8 Å². The number of fused-ring (bicyclic) bond motifs is 1. The van der Waals surface area contributed by atoms with Gasteiger partial charge in [-0.25, -0.2) is 14.6 Å². The zero-order chi connectivity index (χ0) is 25.4. The maximum absolute atomic E-state index is 13.4. The van der Waals surface area contributed by atoms with E-state index in [9.17, 15) is 9.59 Å². The lowest BCUT2D eigenvalue weighted by molar-refractivity contribution is -0.131. The van der Waals surface area contributed by atoms with Crippen LogP contribution in [0.15, 0.2) is 47.5 Å². The Morgan fingerprint density at radius 2 is 1.64 bits per heavy atom. The molecule has 1 amide bonds. The number of benzene rings is 1. The van der Waals surface area contributed by atoms with Crippen molar-refractivity contribution in [1.29, 1.82) is 0 Å². The first kappa shape index (κ1) is 23.7. The van der Waals surface area contributed by atoms with Crippen molar-refractivity contribution in [3.63, 3.8) is 0 Å². The lowest BCUT2D eigenvalue weighted by Gasteiger charge is -2.34. The van der Waals surface area contributed by atoms with Crippen LogP contribution in [-0.4, -0.2) is 61.3 Å². The molecule has 0 bridgehead atoms. The van der Waals surface area contributed by atoms with E-state index in [1.54, 1.807) is 30.1 Å². The number of piperazine rings is 1. The first-order valence-corrected chi connectivity index (χ1v) is 12.3. The van der Waals surface area contributed by atoms with Gasteiger partial charge < -0.3 is 9.80 Å². The average Bonchev–Trinajstić information content (AvgIpc) is 3.25. The van der Waals surface area contributed by atoms with Gasteiger partial charge in [-0.05, 0) is 51.0 Å². The molecule has 0 aliphatic carbocycles. The second-order valence-corrected chi connectivity index (χ2v) is 9.42. The molecule has 0 unspecified atom stereocenters. The molecule has 1 aliphatic rings. The third-order valence-corrected chi connectivity index (χ3v) is 7.08. The fraction of sp³-hybridized carbons (Fsp3) is 0.370. The summed E-state index contributed by atoms with van der Waals surface area (Å²) in [5.74, 6) is 0.760. The molecule has 3 aromatic heterocycles. The Labute approximate surface area is 210 Å². The molecule has 0 atom stereocenters. The minimum Gasteiger partial charge on any atom is -0.339 e. The van der Waals surface area contributed by atoms with Gasteiger partial charge in [0, 0.05) is 63.0 Å². The van der Waals surface area contributed by atoms with E-state index in [0.717, 1.165) is 28.0 Å². The van der Waals surface area contributed by atoms with E-state index >= 15 is 0 Å². The van der Waals surface area contributed by atoms with Crippen LogP contribution in [-0.2, 0) is 18.3 Å². The van der Waals surface area contributed by atoms with Gasteiger partial charge in [0.25, 0.3) is 5.56 Å². The molecule has 0 N–H and O–H groups in total. The Bertz CT molecular complexity index is 1460. The topological polar surface area (TPSA) is 89.2 Å². The quantitative estimate of drug-likeness (QED) is 0.432. The van der Waals surface area contributed by atoms with Crippen LogP contribution in [0, 0.1) is 20.8 Å². The summed E-state index contributed by atoms with van der Waals surface area (Å²) in [7, 11) is 1.78. The van der Waals surface area contributed by atoms with Gasteiger partial charge in [0.1, 0.15) is 5.65 Å². The number of nitrogens with zero attached hydrogens (tertiary/aromatic N) is 7. The molecular formula is C27H31N7O2. The van der Waals surface area contributed by atoms with Crippen molar-refractivity contribution < 1.29 is 4.79 Å². The van der Waals surface area contributed by atoms with Gasteiger partial charge in [0.2, 0.25) is 11.9 Å². The first-order valence-electron chi connectivity index (χ1n) is 12.3. The second-order valence-electron chi connectivity index (χ2n) is 9.42. The van der Waals surface area contributed by atoms with Gasteiger partial charge in [-0.3, -0.25) is 14.2 Å². The van der Waals surface area contributed by atoms with Gasteiger partial charge in [0.15, 0.2) is 0 Å². The Morgan fingerprint density at radius 1 is 0.972 bits per heavy atom. The molecule has 1 saturated heterocycles. The van der Waals surface area contributed by atoms with Gasteiger partial charge in [-0.1, -0.05) is 17.7 Å². The molecule has 4 heterocycles. The van der Waals surface area contributed by atoms with Crippen LogP contribution in [0.3, 0.4) is 0 Å². The van der Waals surface area contributed by atoms with Crippen LogP contribution < -0.4 is 10.5 Å². The number of hydrogen-bond acceptors (Lipinski definition) is 6. The predicted octanol–water partition coefficient (Wildman–Crippen LogP) is 2.72. The van der Waals surface area contributed by atoms with Crippen molar-refractivity contribution in [3.8, 4) is 5.69 Å². The summed E-state index contributed by atoms with van der Waals surface area (Å²) < 4.78 is 3.50. The summed E-state index contributed by atoms with van der Waals surface area (Å²) in [6.07, 6.45) is 4.16. The summed E-state index contributed by atoms with van der Waals surface area (Å²) in [5, 5.41) is 5.73. The number of amides is 1. The van der Waals surface area contributed by atoms with E-state index in [0.29, 0.717) is 50.5 Å². The largest absolute Gasteiger partial charge is 0.339 e. The van der Waals surface area contributed by atoms with Crippen molar-refractivity contribution in [2.45, 2.75) is 33.6 Å². The molecule has 0 spiro atoms. The second kappa shape index (κ2) is 9.56. The van der Waals surface area contributed by atoms with E-state index in [1.807, 2.05) is 54.6 Å². The van der Waals surface area contributed by atoms with E-state index in [1.165, 1.54) is 5.56 Å². The SMILES string of the molecule is Cc1ccc(-n2nc(C)c3c(C)c(CCC(=O)N4CCN(c5ncccn5)CC4)c(=O)n(C)c32)cc1. The molecule has 9 heteroatoms. The fourth-order valence-electron chi connectivity index (χ4n) is 5.03. The molecule has 186 valence electrons. The minimum absolute atomic E-state index is 0.0669. The molecule has 1 aliphatic heterocycles. The van der Waals surface area contributed by atoms with Crippen LogP contribution in [0.5, 0.6) is 0 Å². The lowest BCUT2D eigenvalue weighted by atomic mass is 10.0. The third-order valence-electron chi connectivity index (χ3n) is 7.08. The van der Waals surface area contributed by atoms with Gasteiger partial charge in [-0.2, -0.15) is 5.10 Å². The number of rotatable bonds is 5. The highest BCUT2D eigenvalue weighted by atomic mass is 16.2. The number of carbonyl (C=O) groups excluding carboxylic acids is 1. The van der Waals surface area contributed by atoms with Crippen LogP contribution in [0.4, 0.5) is 5.95 Å². The maximum atomic E-state index is 13.4. The molecule has 4 aromatic rings. The Balaban J connectivity index is 1.35. The molecule has 5 rings (SSSR count). The van der Waals surface area contributed by atoms with Crippen LogP contribution >= 0.6 is 0 Å². The molecule has 1 aromatic carbocycles. The molecule has 0 saturated carbocycles. The highest BCUT2D eigenvalue weighted by Gasteiger charge is 2.24. The monoisotopic (exact) mass is 485 g/mol.